The second kappa shape index (κ2) is 11.2. The monoisotopic (exact) mass is 429 g/mol. The zero-order chi connectivity index (χ0) is 22.2. The number of H-pyrrole nitrogens is 1. The number of nitrogens with zero attached hydrogens (tertiary/aromatic N) is 3. The van der Waals surface area contributed by atoms with Gasteiger partial charge < -0.3 is 20.1 Å². The molecule has 2 N–H and O–H groups in total. The molecule has 2 heterocycles. The minimum Gasteiger partial charge on any atom is -0.352 e. The molecule has 2 aromatic rings. The summed E-state index contributed by atoms with van der Waals surface area (Å²) < 4.78 is 1.25. The number of fused-ring (bicyclic) bond motifs is 1. The third-order valence-corrected chi connectivity index (χ3v) is 6.08. The molecule has 1 aliphatic rings. The van der Waals surface area contributed by atoms with E-state index < -0.39 is 5.69 Å². The van der Waals surface area contributed by atoms with Crippen molar-refractivity contribution >= 4 is 16.8 Å². The lowest BCUT2D eigenvalue weighted by molar-refractivity contribution is 0.0948. The van der Waals surface area contributed by atoms with E-state index in [-0.39, 0.29) is 11.5 Å². The van der Waals surface area contributed by atoms with Crippen molar-refractivity contribution in [2.24, 2.45) is 0 Å². The van der Waals surface area contributed by atoms with Crippen LogP contribution >= 0.6 is 0 Å². The van der Waals surface area contributed by atoms with Gasteiger partial charge in [0.2, 0.25) is 0 Å². The molecule has 0 atom stereocenters. The minimum absolute atomic E-state index is 0.189. The smallest absolute Gasteiger partial charge is 0.328 e. The Morgan fingerprint density at radius 1 is 1.00 bits per heavy atom. The van der Waals surface area contributed by atoms with Gasteiger partial charge in [-0.2, -0.15) is 0 Å². The molecule has 0 aliphatic carbocycles. The number of benzene rings is 1. The number of nitrogens with one attached hydrogen (secondary N) is 2. The third-order valence-electron chi connectivity index (χ3n) is 6.08. The maximum atomic E-state index is 12.7. The molecule has 0 saturated carbocycles. The normalized spacial score (nSPS) is 15.4. The molecule has 3 rings (SSSR count). The van der Waals surface area contributed by atoms with Crippen LogP contribution in [0, 0.1) is 0 Å². The summed E-state index contributed by atoms with van der Waals surface area (Å²) in [4.78, 5) is 45.2. The summed E-state index contributed by atoms with van der Waals surface area (Å²) in [6.07, 6.45) is 3.68. The standard InChI is InChI=1S/C23H35N5O3/c1-3-5-6-12-28-22(30)19-9-8-18(17-20(19)25-23(28)31)21(29)24-10-7-11-27-15-13-26(4-2)14-16-27/h8-9,17H,3-7,10-16H2,1-2H3,(H,24,29)(H,25,31). The van der Waals surface area contributed by atoms with Gasteiger partial charge in [0, 0.05) is 44.8 Å². The molecule has 1 aromatic heterocycles. The Labute approximate surface area is 183 Å². The Balaban J connectivity index is 1.56. The van der Waals surface area contributed by atoms with Gasteiger partial charge in [-0.25, -0.2) is 4.79 Å². The largest absolute Gasteiger partial charge is 0.352 e. The van der Waals surface area contributed by atoms with E-state index in [2.05, 4.69) is 33.9 Å². The van der Waals surface area contributed by atoms with Crippen molar-refractivity contribution in [3.63, 3.8) is 0 Å². The van der Waals surface area contributed by atoms with Gasteiger partial charge in [-0.05, 0) is 44.1 Å². The Morgan fingerprint density at radius 3 is 2.45 bits per heavy atom. The highest BCUT2D eigenvalue weighted by molar-refractivity contribution is 5.97. The highest BCUT2D eigenvalue weighted by Crippen LogP contribution is 2.10. The number of unbranched alkanes of at least 4 members (excludes halogenated alkanes) is 2. The average molecular weight is 430 g/mol. The van der Waals surface area contributed by atoms with Crippen LogP contribution in [0.25, 0.3) is 10.9 Å². The topological polar surface area (TPSA) is 90.4 Å². The van der Waals surface area contributed by atoms with E-state index in [0.29, 0.717) is 29.6 Å². The van der Waals surface area contributed by atoms with Crippen molar-refractivity contribution in [2.45, 2.75) is 46.1 Å². The molecule has 1 saturated heterocycles. The predicted molar refractivity (Wildman–Crippen MR) is 124 cm³/mol. The summed E-state index contributed by atoms with van der Waals surface area (Å²) in [6, 6.07) is 4.87. The first-order valence-electron chi connectivity index (χ1n) is 11.5. The summed E-state index contributed by atoms with van der Waals surface area (Å²) in [5.74, 6) is -0.189. The molecule has 31 heavy (non-hydrogen) atoms. The van der Waals surface area contributed by atoms with Crippen molar-refractivity contribution in [1.82, 2.24) is 24.7 Å². The maximum absolute atomic E-state index is 12.7. The lowest BCUT2D eigenvalue weighted by atomic mass is 10.1. The zero-order valence-electron chi connectivity index (χ0n) is 18.8. The number of likely N-dealkylation sites (N-methyl/N-ethyl adjacent to an activating group) is 1. The lowest BCUT2D eigenvalue weighted by Crippen LogP contribution is -2.46. The predicted octanol–water partition coefficient (Wildman–Crippen LogP) is 1.64. The molecular formula is C23H35N5O3. The Kier molecular flexibility index (Phi) is 8.43. The molecule has 0 unspecified atom stereocenters. The maximum Gasteiger partial charge on any atom is 0.328 e. The number of piperazine rings is 1. The number of hydrogen-bond donors (Lipinski definition) is 2. The van der Waals surface area contributed by atoms with Crippen molar-refractivity contribution < 1.29 is 4.79 Å². The number of aromatic amines is 1. The Hall–Kier alpha value is -2.45. The fraction of sp³-hybridized carbons (Fsp3) is 0.609. The van der Waals surface area contributed by atoms with E-state index in [1.165, 1.54) is 4.57 Å². The fourth-order valence-corrected chi connectivity index (χ4v) is 4.05. The van der Waals surface area contributed by atoms with Crippen LogP contribution in [0.1, 0.15) is 49.9 Å². The quantitative estimate of drug-likeness (QED) is 0.561. The van der Waals surface area contributed by atoms with Crippen molar-refractivity contribution in [3.05, 3.63) is 44.6 Å². The molecule has 1 fully saturated rings. The number of rotatable bonds is 10. The summed E-state index contributed by atoms with van der Waals surface area (Å²) in [5.41, 5.74) is 0.130. The number of carbonyl (C=O) groups is 1. The van der Waals surface area contributed by atoms with Gasteiger partial charge in [-0.1, -0.05) is 26.7 Å². The van der Waals surface area contributed by atoms with E-state index in [1.54, 1.807) is 18.2 Å². The molecule has 1 aliphatic heterocycles. The SMILES string of the molecule is CCCCCn1c(=O)[nH]c2cc(C(=O)NCCCN3CCN(CC)CC3)ccc2c1=O. The second-order valence-corrected chi connectivity index (χ2v) is 8.24. The van der Waals surface area contributed by atoms with Crippen molar-refractivity contribution in [3.8, 4) is 0 Å². The summed E-state index contributed by atoms with van der Waals surface area (Å²) >= 11 is 0. The van der Waals surface area contributed by atoms with E-state index in [0.717, 1.165) is 65.0 Å². The van der Waals surface area contributed by atoms with Crippen LogP contribution in [0.4, 0.5) is 0 Å². The summed E-state index contributed by atoms with van der Waals surface area (Å²) in [6.45, 7) is 11.7. The third kappa shape index (κ3) is 6.04. The minimum atomic E-state index is -0.422. The average Bonchev–Trinajstić information content (AvgIpc) is 2.78. The molecule has 170 valence electrons. The second-order valence-electron chi connectivity index (χ2n) is 8.24. The van der Waals surface area contributed by atoms with E-state index >= 15 is 0 Å². The summed E-state index contributed by atoms with van der Waals surface area (Å²) in [7, 11) is 0. The Bertz CT molecular complexity index is 989. The van der Waals surface area contributed by atoms with Gasteiger partial charge in [0.1, 0.15) is 0 Å². The number of aromatic nitrogens is 2. The molecule has 8 nitrogen and oxygen atoms in total. The molecule has 0 bridgehead atoms. The van der Waals surface area contributed by atoms with Gasteiger partial charge in [0.15, 0.2) is 0 Å². The molecule has 0 radical (unpaired) electrons. The highest BCUT2D eigenvalue weighted by atomic mass is 16.2. The van der Waals surface area contributed by atoms with Crippen molar-refractivity contribution in [2.75, 3.05) is 45.8 Å². The lowest BCUT2D eigenvalue weighted by Gasteiger charge is -2.33. The molecule has 1 aromatic carbocycles. The van der Waals surface area contributed by atoms with Crippen LogP contribution in [-0.4, -0.2) is 71.1 Å². The molecule has 8 heteroatoms. The number of hydrogen-bond acceptors (Lipinski definition) is 5. The first-order chi connectivity index (χ1) is 15.0. The highest BCUT2D eigenvalue weighted by Gasteiger charge is 2.15. The Morgan fingerprint density at radius 2 is 1.74 bits per heavy atom. The van der Waals surface area contributed by atoms with Crippen LogP contribution < -0.4 is 16.6 Å². The van der Waals surface area contributed by atoms with Crippen LogP contribution in [-0.2, 0) is 6.54 Å². The first kappa shape index (κ1) is 23.2. The van der Waals surface area contributed by atoms with Gasteiger partial charge in [-0.15, -0.1) is 0 Å². The number of amides is 1. The fourth-order valence-electron chi connectivity index (χ4n) is 4.05. The van der Waals surface area contributed by atoms with Gasteiger partial charge in [0.05, 0.1) is 10.9 Å². The van der Waals surface area contributed by atoms with E-state index in [4.69, 9.17) is 0 Å². The number of carbonyl (C=O) groups excluding carboxylic acids is 1. The van der Waals surface area contributed by atoms with E-state index in [1.807, 2.05) is 0 Å². The zero-order valence-corrected chi connectivity index (χ0v) is 18.8. The van der Waals surface area contributed by atoms with E-state index in [9.17, 15) is 14.4 Å². The summed E-state index contributed by atoms with van der Waals surface area (Å²) in [5, 5.41) is 3.38. The van der Waals surface area contributed by atoms with Gasteiger partial charge in [0.25, 0.3) is 11.5 Å². The molecular weight excluding hydrogens is 394 g/mol. The first-order valence-corrected chi connectivity index (χ1v) is 11.5. The molecule has 1 amide bonds. The van der Waals surface area contributed by atoms with Crippen LogP contribution in [0.15, 0.2) is 27.8 Å². The van der Waals surface area contributed by atoms with Crippen LogP contribution in [0.2, 0.25) is 0 Å². The molecule has 0 spiro atoms. The van der Waals surface area contributed by atoms with Crippen molar-refractivity contribution in [1.29, 1.82) is 0 Å². The van der Waals surface area contributed by atoms with Gasteiger partial charge in [-0.3, -0.25) is 14.2 Å². The van der Waals surface area contributed by atoms with Crippen LogP contribution in [0.5, 0.6) is 0 Å². The van der Waals surface area contributed by atoms with Gasteiger partial charge >= 0.3 is 5.69 Å². The van der Waals surface area contributed by atoms with Crippen LogP contribution in [0.3, 0.4) is 0 Å².